The van der Waals surface area contributed by atoms with Crippen LogP contribution in [0, 0.1) is 0 Å². The van der Waals surface area contributed by atoms with E-state index in [0.717, 1.165) is 24.1 Å². The molecular formula is C20H26N2O4S2. The number of benzene rings is 1. The number of carbonyl (C=O) groups excluding carboxylic acids is 1. The zero-order valence-corrected chi connectivity index (χ0v) is 17.8. The van der Waals surface area contributed by atoms with Crippen LogP contribution in [0.25, 0.3) is 0 Å². The van der Waals surface area contributed by atoms with Crippen LogP contribution in [0.3, 0.4) is 0 Å². The van der Waals surface area contributed by atoms with Crippen molar-refractivity contribution >= 4 is 33.0 Å². The number of ether oxygens (including phenoxy) is 1. The summed E-state index contributed by atoms with van der Waals surface area (Å²) in [4.78, 5) is 13.6. The maximum absolute atomic E-state index is 13.0. The molecule has 0 bridgehead atoms. The van der Waals surface area contributed by atoms with Crippen molar-refractivity contribution in [3.05, 3.63) is 40.6 Å². The highest BCUT2D eigenvalue weighted by Gasteiger charge is 2.27. The van der Waals surface area contributed by atoms with E-state index in [2.05, 4.69) is 5.32 Å². The highest BCUT2D eigenvalue weighted by atomic mass is 32.2. The highest BCUT2D eigenvalue weighted by molar-refractivity contribution is 7.89. The summed E-state index contributed by atoms with van der Waals surface area (Å²) in [5, 5.41) is 4.75. The largest absolute Gasteiger partial charge is 0.489 e. The predicted molar refractivity (Wildman–Crippen MR) is 111 cm³/mol. The second-order valence-electron chi connectivity index (χ2n) is 7.09. The molecular weight excluding hydrogens is 396 g/mol. The minimum absolute atomic E-state index is 0.0995. The van der Waals surface area contributed by atoms with Gasteiger partial charge in [-0.05, 0) is 56.3 Å². The second kappa shape index (κ2) is 9.07. The molecule has 2 heterocycles. The lowest BCUT2D eigenvalue weighted by Crippen LogP contribution is -2.35. The number of hydrogen-bond donors (Lipinski definition) is 1. The molecule has 1 aromatic heterocycles. The van der Waals surface area contributed by atoms with Crippen LogP contribution in [0.1, 0.15) is 38.0 Å². The van der Waals surface area contributed by atoms with Gasteiger partial charge in [0.2, 0.25) is 15.9 Å². The van der Waals surface area contributed by atoms with Crippen LogP contribution < -0.4 is 10.1 Å². The fraction of sp³-hybridized carbons (Fsp3) is 0.450. The fourth-order valence-corrected chi connectivity index (χ4v) is 5.39. The zero-order chi connectivity index (χ0) is 20.1. The summed E-state index contributed by atoms with van der Waals surface area (Å²) in [5.74, 6) is 0.260. The van der Waals surface area contributed by atoms with Gasteiger partial charge in [0.25, 0.3) is 0 Å². The van der Waals surface area contributed by atoms with Gasteiger partial charge in [-0.2, -0.15) is 4.31 Å². The molecule has 0 radical (unpaired) electrons. The van der Waals surface area contributed by atoms with Crippen LogP contribution in [0.4, 0.5) is 5.69 Å². The molecule has 6 nitrogen and oxygen atoms in total. The monoisotopic (exact) mass is 422 g/mol. The Kier molecular flexibility index (Phi) is 6.74. The van der Waals surface area contributed by atoms with Gasteiger partial charge in [-0.3, -0.25) is 4.79 Å². The minimum atomic E-state index is -3.59. The highest BCUT2D eigenvalue weighted by Crippen LogP contribution is 2.31. The topological polar surface area (TPSA) is 75.7 Å². The van der Waals surface area contributed by atoms with E-state index in [1.165, 1.54) is 21.7 Å². The van der Waals surface area contributed by atoms with Crippen molar-refractivity contribution < 1.29 is 17.9 Å². The minimum Gasteiger partial charge on any atom is -0.489 e. The van der Waals surface area contributed by atoms with Crippen LogP contribution in [-0.2, 0) is 21.2 Å². The number of anilines is 1. The number of carbonyl (C=O) groups is 1. The molecule has 1 amide bonds. The first-order chi connectivity index (χ1) is 13.4. The number of rotatable bonds is 7. The lowest BCUT2D eigenvalue weighted by atomic mass is 10.2. The van der Waals surface area contributed by atoms with E-state index in [1.54, 1.807) is 12.1 Å². The van der Waals surface area contributed by atoms with E-state index >= 15 is 0 Å². The van der Waals surface area contributed by atoms with Crippen LogP contribution in [0.2, 0.25) is 0 Å². The van der Waals surface area contributed by atoms with Crippen LogP contribution >= 0.6 is 11.3 Å². The smallest absolute Gasteiger partial charge is 0.243 e. The van der Waals surface area contributed by atoms with Gasteiger partial charge in [-0.25, -0.2) is 8.42 Å². The second-order valence-corrected chi connectivity index (χ2v) is 10.1. The number of nitrogens with one attached hydrogen (secondary N) is 1. The van der Waals surface area contributed by atoms with Crippen molar-refractivity contribution in [2.75, 3.05) is 18.4 Å². The van der Waals surface area contributed by atoms with Gasteiger partial charge in [-0.15, -0.1) is 11.3 Å². The molecule has 8 heteroatoms. The Balaban J connectivity index is 1.86. The number of hydrogen-bond acceptors (Lipinski definition) is 5. The Bertz CT molecular complexity index is 902. The molecule has 152 valence electrons. The third-order valence-corrected chi connectivity index (χ3v) is 7.23. The van der Waals surface area contributed by atoms with Crippen molar-refractivity contribution in [2.45, 2.75) is 50.5 Å². The van der Waals surface area contributed by atoms with Gasteiger partial charge >= 0.3 is 0 Å². The van der Waals surface area contributed by atoms with E-state index in [9.17, 15) is 13.2 Å². The molecule has 0 spiro atoms. The average molecular weight is 423 g/mol. The SMILES string of the molecule is CC(C)Oc1ccc(S(=O)(=O)N2CCCCC2)cc1NC(=O)Cc1cccs1. The third kappa shape index (κ3) is 5.12. The average Bonchev–Trinajstić information content (AvgIpc) is 3.16. The first-order valence-electron chi connectivity index (χ1n) is 9.49. The molecule has 3 rings (SSSR count). The van der Waals surface area contributed by atoms with Crippen LogP contribution in [-0.4, -0.2) is 37.8 Å². The van der Waals surface area contributed by atoms with Gasteiger partial charge in [0.15, 0.2) is 0 Å². The van der Waals surface area contributed by atoms with Gasteiger partial charge in [0.1, 0.15) is 5.75 Å². The molecule has 1 aliphatic heterocycles. The van der Waals surface area contributed by atoms with Gasteiger partial charge in [0.05, 0.1) is 23.1 Å². The Morgan fingerprint density at radius 3 is 2.61 bits per heavy atom. The number of nitrogens with zero attached hydrogens (tertiary/aromatic N) is 1. The zero-order valence-electron chi connectivity index (χ0n) is 16.2. The molecule has 1 aromatic carbocycles. The number of sulfonamides is 1. The lowest BCUT2D eigenvalue weighted by molar-refractivity contribution is -0.115. The van der Waals surface area contributed by atoms with E-state index in [-0.39, 0.29) is 23.3 Å². The summed E-state index contributed by atoms with van der Waals surface area (Å²) in [6.45, 7) is 4.84. The van der Waals surface area contributed by atoms with Crippen molar-refractivity contribution in [2.24, 2.45) is 0 Å². The summed E-state index contributed by atoms with van der Waals surface area (Å²) in [7, 11) is -3.59. The summed E-state index contributed by atoms with van der Waals surface area (Å²) in [6.07, 6.45) is 2.94. The van der Waals surface area contributed by atoms with Crippen LogP contribution in [0.15, 0.2) is 40.6 Å². The van der Waals surface area contributed by atoms with Crippen LogP contribution in [0.5, 0.6) is 5.75 Å². The maximum Gasteiger partial charge on any atom is 0.243 e. The Hall–Kier alpha value is -1.90. The van der Waals surface area contributed by atoms with E-state index in [1.807, 2.05) is 31.4 Å². The molecule has 1 saturated heterocycles. The predicted octanol–water partition coefficient (Wildman–Crippen LogP) is 3.89. The van der Waals surface area contributed by atoms with E-state index in [4.69, 9.17) is 4.74 Å². The Morgan fingerprint density at radius 2 is 1.96 bits per heavy atom. The fourth-order valence-electron chi connectivity index (χ4n) is 3.14. The van der Waals surface area contributed by atoms with Crippen molar-refractivity contribution in [1.29, 1.82) is 0 Å². The van der Waals surface area contributed by atoms with Gasteiger partial charge in [0, 0.05) is 18.0 Å². The maximum atomic E-state index is 13.0. The molecule has 0 atom stereocenters. The molecule has 1 N–H and O–H groups in total. The Labute approximate surface area is 170 Å². The van der Waals surface area contributed by atoms with E-state index in [0.29, 0.717) is 24.5 Å². The Morgan fingerprint density at radius 1 is 1.21 bits per heavy atom. The number of piperidine rings is 1. The van der Waals surface area contributed by atoms with Gasteiger partial charge < -0.3 is 10.1 Å². The molecule has 28 heavy (non-hydrogen) atoms. The molecule has 0 aliphatic carbocycles. The quantitative estimate of drug-likeness (QED) is 0.734. The molecule has 2 aromatic rings. The van der Waals surface area contributed by atoms with E-state index < -0.39 is 10.0 Å². The summed E-state index contributed by atoms with van der Waals surface area (Å²) < 4.78 is 33.3. The first-order valence-corrected chi connectivity index (χ1v) is 11.8. The van der Waals surface area contributed by atoms with Crippen molar-refractivity contribution in [1.82, 2.24) is 4.31 Å². The standard InChI is InChI=1S/C20H26N2O4S2/c1-15(2)26-19-9-8-17(28(24,25)22-10-4-3-5-11-22)14-18(19)21-20(23)13-16-7-6-12-27-16/h6-9,12,14-15H,3-5,10-11,13H2,1-2H3,(H,21,23). The number of thiophene rings is 1. The molecule has 1 fully saturated rings. The normalized spacial score (nSPS) is 15.5. The lowest BCUT2D eigenvalue weighted by Gasteiger charge is -2.26. The first kappa shape index (κ1) is 20.8. The van der Waals surface area contributed by atoms with Gasteiger partial charge in [-0.1, -0.05) is 12.5 Å². The number of amides is 1. The molecule has 0 unspecified atom stereocenters. The van der Waals surface area contributed by atoms with Crippen molar-refractivity contribution in [3.63, 3.8) is 0 Å². The molecule has 0 saturated carbocycles. The summed E-state index contributed by atoms with van der Waals surface area (Å²) >= 11 is 1.51. The third-order valence-electron chi connectivity index (χ3n) is 4.46. The molecule has 1 aliphatic rings. The van der Waals surface area contributed by atoms with Crippen molar-refractivity contribution in [3.8, 4) is 5.75 Å². The summed E-state index contributed by atoms with van der Waals surface area (Å²) in [6, 6.07) is 8.47. The summed E-state index contributed by atoms with van der Waals surface area (Å²) in [5.41, 5.74) is 0.383.